The number of non-ortho nitro benzene ring substituents is 1. The lowest BCUT2D eigenvalue weighted by molar-refractivity contribution is -0.396. The van der Waals surface area contributed by atoms with Gasteiger partial charge in [0, 0.05) is 16.7 Å². The molecule has 8 heteroatoms. The van der Waals surface area contributed by atoms with Crippen molar-refractivity contribution in [2.45, 2.75) is 54.0 Å². The zero-order valence-electron chi connectivity index (χ0n) is 11.9. The quantitative estimate of drug-likeness (QED) is 0.439. The summed E-state index contributed by atoms with van der Waals surface area (Å²) in [6.07, 6.45) is 6.28. The van der Waals surface area contributed by atoms with Crippen molar-refractivity contribution < 1.29 is 9.85 Å². The molecule has 2 rings (SSSR count). The molecule has 0 radical (unpaired) electrons. The SMILES string of the molecule is O=[N+]([O-])c1ccc(S[C@H]2CCCCCC[C@@H]2Cl)c([N+](=O)[O-])c1. The lowest BCUT2D eigenvalue weighted by Crippen LogP contribution is -2.19. The average molecular weight is 345 g/mol. The maximum atomic E-state index is 11.2. The molecule has 1 aliphatic rings. The molecule has 6 nitrogen and oxygen atoms in total. The molecule has 120 valence electrons. The third kappa shape index (κ3) is 4.33. The van der Waals surface area contributed by atoms with E-state index in [1.54, 1.807) is 0 Å². The molecule has 1 aliphatic carbocycles. The monoisotopic (exact) mass is 344 g/mol. The van der Waals surface area contributed by atoms with Crippen molar-refractivity contribution in [1.29, 1.82) is 0 Å². The molecule has 1 fully saturated rings. The van der Waals surface area contributed by atoms with Gasteiger partial charge in [-0.1, -0.05) is 25.7 Å². The van der Waals surface area contributed by atoms with Crippen LogP contribution in [0.25, 0.3) is 0 Å². The second-order valence-corrected chi connectivity index (χ2v) is 7.17. The Kier molecular flexibility index (Phi) is 6.02. The van der Waals surface area contributed by atoms with Crippen molar-refractivity contribution in [3.05, 3.63) is 38.4 Å². The maximum absolute atomic E-state index is 11.2. The van der Waals surface area contributed by atoms with Gasteiger partial charge in [-0.2, -0.15) is 0 Å². The number of nitro groups is 2. The van der Waals surface area contributed by atoms with Gasteiger partial charge in [-0.25, -0.2) is 0 Å². The normalized spacial score (nSPS) is 22.6. The van der Waals surface area contributed by atoms with Gasteiger partial charge in [0.05, 0.1) is 20.8 Å². The molecule has 1 aromatic carbocycles. The number of benzene rings is 1. The summed E-state index contributed by atoms with van der Waals surface area (Å²) in [7, 11) is 0. The zero-order valence-corrected chi connectivity index (χ0v) is 13.5. The zero-order chi connectivity index (χ0) is 16.1. The van der Waals surface area contributed by atoms with Crippen LogP contribution in [0, 0.1) is 20.2 Å². The van der Waals surface area contributed by atoms with Crippen LogP contribution in [-0.4, -0.2) is 20.5 Å². The Morgan fingerprint density at radius 2 is 1.73 bits per heavy atom. The number of halogens is 1. The molecule has 1 saturated carbocycles. The van der Waals surface area contributed by atoms with Crippen LogP contribution in [0.3, 0.4) is 0 Å². The third-order valence-electron chi connectivity index (χ3n) is 3.75. The van der Waals surface area contributed by atoms with Crippen LogP contribution in [-0.2, 0) is 0 Å². The van der Waals surface area contributed by atoms with E-state index in [1.165, 1.54) is 30.3 Å². The van der Waals surface area contributed by atoms with Crippen molar-refractivity contribution in [2.75, 3.05) is 0 Å². The minimum absolute atomic E-state index is 0.0277. The number of thioether (sulfide) groups is 1. The highest BCUT2D eigenvalue weighted by Gasteiger charge is 2.26. The first-order chi connectivity index (χ1) is 10.5. The molecule has 22 heavy (non-hydrogen) atoms. The molecule has 0 heterocycles. The van der Waals surface area contributed by atoms with Crippen molar-refractivity contribution in [3.63, 3.8) is 0 Å². The first-order valence-corrected chi connectivity index (χ1v) is 8.54. The van der Waals surface area contributed by atoms with Gasteiger partial charge >= 0.3 is 0 Å². The Bertz CT molecular complexity index is 570. The largest absolute Gasteiger partial charge is 0.289 e. The standard InChI is InChI=1S/C14H17ClN2O4S/c15-11-5-3-1-2-4-6-13(11)22-14-8-7-10(16(18)19)9-12(14)17(20)21/h7-9,11,13H,1-6H2/t11-,13-/m0/s1. The Labute approximate surface area is 137 Å². The van der Waals surface area contributed by atoms with Gasteiger partial charge < -0.3 is 0 Å². The highest BCUT2D eigenvalue weighted by molar-refractivity contribution is 8.00. The molecule has 0 bridgehead atoms. The van der Waals surface area contributed by atoms with E-state index in [0.29, 0.717) is 4.90 Å². The van der Waals surface area contributed by atoms with Crippen molar-refractivity contribution in [2.24, 2.45) is 0 Å². The third-order valence-corrected chi connectivity index (χ3v) is 5.89. The van der Waals surface area contributed by atoms with Crippen molar-refractivity contribution in [1.82, 2.24) is 0 Å². The lowest BCUT2D eigenvalue weighted by atomic mass is 10.0. The van der Waals surface area contributed by atoms with E-state index in [1.807, 2.05) is 0 Å². The molecule has 0 spiro atoms. The van der Waals surface area contributed by atoms with Crippen LogP contribution in [0.1, 0.15) is 38.5 Å². The van der Waals surface area contributed by atoms with Crippen LogP contribution in [0.15, 0.2) is 23.1 Å². The van der Waals surface area contributed by atoms with Crippen LogP contribution in [0.5, 0.6) is 0 Å². The van der Waals surface area contributed by atoms with Crippen molar-refractivity contribution in [3.8, 4) is 0 Å². The van der Waals surface area contributed by atoms with E-state index in [0.717, 1.165) is 38.2 Å². The number of nitro benzene ring substituents is 2. The molecule has 0 aromatic heterocycles. The molecular formula is C14H17ClN2O4S. The van der Waals surface area contributed by atoms with E-state index in [4.69, 9.17) is 11.6 Å². The number of nitrogens with zero attached hydrogens (tertiary/aromatic N) is 2. The molecular weight excluding hydrogens is 328 g/mol. The van der Waals surface area contributed by atoms with Crippen LogP contribution in [0.4, 0.5) is 11.4 Å². The first kappa shape index (κ1) is 17.0. The number of alkyl halides is 1. The average Bonchev–Trinajstić information content (AvgIpc) is 2.46. The molecule has 0 aliphatic heterocycles. The van der Waals surface area contributed by atoms with Gasteiger partial charge in [0.15, 0.2) is 0 Å². The lowest BCUT2D eigenvalue weighted by Gasteiger charge is -2.24. The minimum atomic E-state index is -0.623. The van der Waals surface area contributed by atoms with E-state index in [9.17, 15) is 20.2 Å². The van der Waals surface area contributed by atoms with Gasteiger partial charge in [-0.15, -0.1) is 23.4 Å². The molecule has 0 amide bonds. The predicted octanol–water partition coefficient (Wildman–Crippen LogP) is 4.93. The molecule has 1 aromatic rings. The van der Waals surface area contributed by atoms with Crippen LogP contribution >= 0.6 is 23.4 Å². The Morgan fingerprint density at radius 1 is 1.05 bits per heavy atom. The van der Waals surface area contributed by atoms with E-state index in [-0.39, 0.29) is 22.0 Å². The Morgan fingerprint density at radius 3 is 2.36 bits per heavy atom. The molecule has 0 unspecified atom stereocenters. The van der Waals surface area contributed by atoms with Gasteiger partial charge in [-0.05, 0) is 18.9 Å². The molecule has 0 N–H and O–H groups in total. The molecule has 0 saturated heterocycles. The van der Waals surface area contributed by atoms with Gasteiger partial charge in [-0.3, -0.25) is 20.2 Å². The van der Waals surface area contributed by atoms with Crippen LogP contribution < -0.4 is 0 Å². The first-order valence-electron chi connectivity index (χ1n) is 7.22. The highest BCUT2D eigenvalue weighted by atomic mass is 35.5. The topological polar surface area (TPSA) is 86.3 Å². The fourth-order valence-corrected chi connectivity index (χ4v) is 4.29. The second kappa shape index (κ2) is 7.78. The Balaban J connectivity index is 2.23. The summed E-state index contributed by atoms with van der Waals surface area (Å²) in [5.41, 5.74) is -0.485. The van der Waals surface area contributed by atoms with Gasteiger partial charge in [0.25, 0.3) is 11.4 Å². The summed E-state index contributed by atoms with van der Waals surface area (Å²) in [5.74, 6) is 0. The summed E-state index contributed by atoms with van der Waals surface area (Å²) in [4.78, 5) is 21.2. The minimum Gasteiger partial charge on any atom is -0.258 e. The number of hydrogen-bond donors (Lipinski definition) is 0. The Hall–Kier alpha value is -1.34. The van der Waals surface area contributed by atoms with Crippen LogP contribution in [0.2, 0.25) is 0 Å². The smallest absolute Gasteiger partial charge is 0.258 e. The van der Waals surface area contributed by atoms with Gasteiger partial charge in [0.1, 0.15) is 0 Å². The van der Waals surface area contributed by atoms with E-state index >= 15 is 0 Å². The highest BCUT2D eigenvalue weighted by Crippen LogP contribution is 2.40. The summed E-state index contributed by atoms with van der Waals surface area (Å²) >= 11 is 7.80. The summed E-state index contributed by atoms with van der Waals surface area (Å²) in [6.45, 7) is 0. The number of hydrogen-bond acceptors (Lipinski definition) is 5. The van der Waals surface area contributed by atoms with Gasteiger partial charge in [0.2, 0.25) is 0 Å². The molecule has 2 atom stereocenters. The summed E-state index contributed by atoms with van der Waals surface area (Å²) in [6, 6.07) is 3.79. The fourth-order valence-electron chi connectivity index (χ4n) is 2.56. The maximum Gasteiger partial charge on any atom is 0.289 e. The second-order valence-electron chi connectivity index (χ2n) is 5.33. The summed E-state index contributed by atoms with van der Waals surface area (Å²) in [5, 5.41) is 22.0. The fraction of sp³-hybridized carbons (Fsp3) is 0.571. The summed E-state index contributed by atoms with van der Waals surface area (Å²) < 4.78 is 0. The predicted molar refractivity (Wildman–Crippen MR) is 86.7 cm³/mol. The number of rotatable bonds is 4. The van der Waals surface area contributed by atoms with E-state index < -0.39 is 9.85 Å². The van der Waals surface area contributed by atoms with E-state index in [2.05, 4.69) is 0 Å². The van der Waals surface area contributed by atoms with Crippen molar-refractivity contribution >= 4 is 34.7 Å².